The molecule has 0 atom stereocenters. The molecule has 0 amide bonds. The first-order valence-corrected chi connectivity index (χ1v) is 5.35. The molecule has 2 N–H and O–H groups in total. The number of aliphatic carboxylic acids is 1. The van der Waals surface area contributed by atoms with Crippen molar-refractivity contribution in [2.75, 3.05) is 5.75 Å². The lowest BCUT2D eigenvalue weighted by Crippen LogP contribution is -2.17. The molecule has 0 aromatic carbocycles. The van der Waals surface area contributed by atoms with Gasteiger partial charge in [0.05, 0.1) is 5.75 Å². The smallest absolute Gasteiger partial charge is 0.313 e. The average molecular weight is 240 g/mol. The minimum absolute atomic E-state index is 0.118. The number of nitrogens with one attached hydrogen (secondary N) is 1. The Labute approximate surface area is 93.5 Å². The summed E-state index contributed by atoms with van der Waals surface area (Å²) in [6, 6.07) is 0. The fourth-order valence-corrected chi connectivity index (χ4v) is 1.68. The van der Waals surface area contributed by atoms with Crippen molar-refractivity contribution in [1.29, 1.82) is 0 Å². The van der Waals surface area contributed by atoms with Crippen LogP contribution in [-0.2, 0) is 4.79 Å². The molecule has 0 saturated heterocycles. The second kappa shape index (κ2) is 3.97. The highest BCUT2D eigenvalue weighted by atomic mass is 32.2. The van der Waals surface area contributed by atoms with Gasteiger partial charge in [-0.15, -0.1) is 0 Å². The van der Waals surface area contributed by atoms with Crippen molar-refractivity contribution in [1.82, 2.24) is 19.6 Å². The Balaban J connectivity index is 2.40. The summed E-state index contributed by atoms with van der Waals surface area (Å²) in [4.78, 5) is 29.9. The van der Waals surface area contributed by atoms with Gasteiger partial charge in [-0.25, -0.2) is 4.98 Å². The molecular weight excluding hydrogens is 232 g/mol. The van der Waals surface area contributed by atoms with Crippen molar-refractivity contribution in [3.63, 3.8) is 0 Å². The number of hydrogen-bond acceptors (Lipinski definition) is 5. The quantitative estimate of drug-likeness (QED) is 0.727. The molecule has 2 heterocycles. The summed E-state index contributed by atoms with van der Waals surface area (Å²) in [5, 5.41) is 11.6. The minimum atomic E-state index is -0.943. The first-order valence-electron chi connectivity index (χ1n) is 4.37. The monoisotopic (exact) mass is 240 g/mol. The standard InChI is InChI=1S/C8H8N4O3S/c1-4-2-9-7-10-8(16-3-5(13)14)11-12(7)6(4)15/h2H,3H2,1H3,(H,13,14)(H,9,10,11). The third kappa shape index (κ3) is 1.91. The van der Waals surface area contributed by atoms with E-state index in [2.05, 4.69) is 15.1 Å². The summed E-state index contributed by atoms with van der Waals surface area (Å²) in [5.41, 5.74) is 0.260. The predicted octanol–water partition coefficient (Wildman–Crippen LogP) is -0.0973. The lowest BCUT2D eigenvalue weighted by molar-refractivity contribution is -0.133. The molecule has 0 fully saturated rings. The molecule has 0 saturated carbocycles. The molecule has 0 radical (unpaired) electrons. The van der Waals surface area contributed by atoms with Gasteiger partial charge >= 0.3 is 5.97 Å². The summed E-state index contributed by atoms with van der Waals surface area (Å²) in [6.07, 6.45) is 1.43. The molecule has 2 rings (SSSR count). The van der Waals surface area contributed by atoms with Gasteiger partial charge in [0.15, 0.2) is 5.16 Å². The van der Waals surface area contributed by atoms with Gasteiger partial charge in [-0.3, -0.25) is 14.7 Å². The Kier molecular flexibility index (Phi) is 2.65. The highest BCUT2D eigenvalue weighted by molar-refractivity contribution is 7.99. The second-order valence-corrected chi connectivity index (χ2v) is 4.06. The van der Waals surface area contributed by atoms with Gasteiger partial charge in [0.25, 0.3) is 11.3 Å². The highest BCUT2D eigenvalue weighted by Crippen LogP contribution is 2.12. The maximum absolute atomic E-state index is 11.6. The molecule has 0 aliphatic heterocycles. The van der Waals surface area contributed by atoms with Crippen LogP contribution in [0, 0.1) is 6.92 Å². The number of H-pyrrole nitrogens is 1. The van der Waals surface area contributed by atoms with E-state index in [1.165, 1.54) is 10.7 Å². The fraction of sp³-hybridized carbons (Fsp3) is 0.250. The summed E-state index contributed by atoms with van der Waals surface area (Å²) >= 11 is 1.00. The normalized spacial score (nSPS) is 10.8. The average Bonchev–Trinajstić information content (AvgIpc) is 2.64. The molecule has 0 spiro atoms. The van der Waals surface area contributed by atoms with Gasteiger partial charge in [0.1, 0.15) is 0 Å². The summed E-state index contributed by atoms with van der Waals surface area (Å²) in [5.74, 6) is -0.821. The lowest BCUT2D eigenvalue weighted by Gasteiger charge is -1.91. The van der Waals surface area contributed by atoms with Crippen LogP contribution < -0.4 is 5.56 Å². The molecule has 0 unspecified atom stereocenters. The maximum Gasteiger partial charge on any atom is 0.313 e. The molecule has 7 nitrogen and oxygen atoms in total. The number of fused-ring (bicyclic) bond motifs is 1. The Morgan fingerprint density at radius 1 is 1.69 bits per heavy atom. The Hall–Kier alpha value is -1.83. The number of nitrogens with zero attached hydrogens (tertiary/aromatic N) is 3. The number of carbonyl (C=O) groups is 1. The SMILES string of the molecule is Cc1cnc2nc(SCC(=O)O)[nH]n2c1=O. The minimum Gasteiger partial charge on any atom is -0.481 e. The van der Waals surface area contributed by atoms with Crippen LogP contribution in [0.4, 0.5) is 0 Å². The van der Waals surface area contributed by atoms with Gasteiger partial charge in [0, 0.05) is 11.8 Å². The van der Waals surface area contributed by atoms with Crippen molar-refractivity contribution in [3.8, 4) is 0 Å². The third-order valence-corrected chi connectivity index (χ3v) is 2.70. The van der Waals surface area contributed by atoms with Crippen LogP contribution in [0.1, 0.15) is 5.56 Å². The number of rotatable bonds is 3. The fourth-order valence-electron chi connectivity index (χ4n) is 1.12. The van der Waals surface area contributed by atoms with Crippen LogP contribution in [0.25, 0.3) is 5.78 Å². The molecule has 0 aliphatic carbocycles. The van der Waals surface area contributed by atoms with Crippen LogP contribution in [0.5, 0.6) is 0 Å². The number of aromatic nitrogens is 4. The Morgan fingerprint density at radius 2 is 2.44 bits per heavy atom. The van der Waals surface area contributed by atoms with Crippen LogP contribution >= 0.6 is 11.8 Å². The van der Waals surface area contributed by atoms with E-state index in [0.717, 1.165) is 11.8 Å². The zero-order valence-electron chi connectivity index (χ0n) is 8.30. The second-order valence-electron chi connectivity index (χ2n) is 3.09. The number of carboxylic acid groups (broad SMARTS) is 1. The van der Waals surface area contributed by atoms with E-state index in [1.54, 1.807) is 6.92 Å². The molecule has 84 valence electrons. The zero-order valence-corrected chi connectivity index (χ0v) is 9.11. The Morgan fingerprint density at radius 3 is 3.12 bits per heavy atom. The molecule has 0 aliphatic rings. The highest BCUT2D eigenvalue weighted by Gasteiger charge is 2.08. The molecular formula is C8H8N4O3S. The predicted molar refractivity (Wildman–Crippen MR) is 56.7 cm³/mol. The van der Waals surface area contributed by atoms with E-state index in [4.69, 9.17) is 5.11 Å². The van der Waals surface area contributed by atoms with E-state index in [9.17, 15) is 9.59 Å². The van der Waals surface area contributed by atoms with Gasteiger partial charge in [-0.05, 0) is 6.92 Å². The van der Waals surface area contributed by atoms with Crippen LogP contribution in [0.15, 0.2) is 16.1 Å². The van der Waals surface area contributed by atoms with Crippen LogP contribution in [-0.4, -0.2) is 36.4 Å². The third-order valence-electron chi connectivity index (χ3n) is 1.86. The largest absolute Gasteiger partial charge is 0.481 e. The van der Waals surface area contributed by atoms with Gasteiger partial charge in [-0.2, -0.15) is 9.50 Å². The van der Waals surface area contributed by atoms with Crippen molar-refractivity contribution in [2.45, 2.75) is 12.1 Å². The number of carboxylic acids is 1. The maximum atomic E-state index is 11.6. The lowest BCUT2D eigenvalue weighted by atomic mass is 10.4. The van der Waals surface area contributed by atoms with E-state index in [0.29, 0.717) is 10.7 Å². The molecule has 8 heteroatoms. The van der Waals surface area contributed by atoms with Crippen molar-refractivity contribution >= 4 is 23.5 Å². The zero-order chi connectivity index (χ0) is 11.7. The Bertz CT molecular complexity index is 603. The van der Waals surface area contributed by atoms with Crippen LogP contribution in [0.2, 0.25) is 0 Å². The number of aryl methyl sites for hydroxylation is 1. The number of hydrogen-bond donors (Lipinski definition) is 2. The summed E-state index contributed by atoms with van der Waals surface area (Å²) in [7, 11) is 0. The van der Waals surface area contributed by atoms with Crippen molar-refractivity contribution in [2.24, 2.45) is 0 Å². The first kappa shape index (κ1) is 10.7. The van der Waals surface area contributed by atoms with Crippen molar-refractivity contribution in [3.05, 3.63) is 22.1 Å². The van der Waals surface area contributed by atoms with Crippen LogP contribution in [0.3, 0.4) is 0 Å². The summed E-state index contributed by atoms with van der Waals surface area (Å²) < 4.78 is 1.19. The molecule has 2 aromatic rings. The first-order chi connectivity index (χ1) is 7.58. The van der Waals surface area contributed by atoms with E-state index < -0.39 is 5.97 Å². The molecule has 16 heavy (non-hydrogen) atoms. The summed E-state index contributed by atoms with van der Waals surface area (Å²) in [6.45, 7) is 1.65. The van der Waals surface area contributed by atoms with E-state index in [-0.39, 0.29) is 17.1 Å². The van der Waals surface area contributed by atoms with E-state index >= 15 is 0 Å². The van der Waals surface area contributed by atoms with Gasteiger partial charge in [0.2, 0.25) is 0 Å². The van der Waals surface area contributed by atoms with E-state index in [1.807, 2.05) is 0 Å². The number of thioether (sulfide) groups is 1. The topological polar surface area (TPSA) is 100 Å². The molecule has 2 aromatic heterocycles. The van der Waals surface area contributed by atoms with Crippen molar-refractivity contribution < 1.29 is 9.90 Å². The van der Waals surface area contributed by atoms with Gasteiger partial charge < -0.3 is 5.11 Å². The number of aromatic amines is 1. The molecule has 0 bridgehead atoms. The van der Waals surface area contributed by atoms with Gasteiger partial charge in [-0.1, -0.05) is 11.8 Å².